The monoisotopic (exact) mass is 261 g/mol. The van der Waals surface area contributed by atoms with E-state index in [2.05, 4.69) is 47.2 Å². The molecule has 0 spiro atoms. The Kier molecular flexibility index (Phi) is 3.33. The van der Waals surface area contributed by atoms with Crippen molar-refractivity contribution in [1.82, 2.24) is 15.2 Å². The van der Waals surface area contributed by atoms with Gasteiger partial charge in [-0.1, -0.05) is 6.07 Å². The van der Waals surface area contributed by atoms with Crippen molar-refractivity contribution in [1.29, 1.82) is 0 Å². The van der Waals surface area contributed by atoms with Gasteiger partial charge in [0.2, 0.25) is 0 Å². The Hall–Kier alpha value is -0.970. The zero-order chi connectivity index (χ0) is 12.5. The van der Waals surface area contributed by atoms with Gasteiger partial charge < -0.3 is 5.32 Å². The van der Waals surface area contributed by atoms with Gasteiger partial charge in [-0.25, -0.2) is 4.98 Å². The highest BCUT2D eigenvalue weighted by Gasteiger charge is 2.15. The second-order valence-electron chi connectivity index (χ2n) is 5.13. The number of nitrogens with zero attached hydrogens (tertiary/aromatic N) is 2. The van der Waals surface area contributed by atoms with Gasteiger partial charge in [0.1, 0.15) is 0 Å². The zero-order valence-corrected chi connectivity index (χ0v) is 11.8. The van der Waals surface area contributed by atoms with E-state index >= 15 is 0 Å². The van der Waals surface area contributed by atoms with Crippen molar-refractivity contribution in [2.75, 3.05) is 19.6 Å². The number of piperazine rings is 1. The Balaban J connectivity index is 1.77. The van der Waals surface area contributed by atoms with Crippen LogP contribution in [0.1, 0.15) is 17.5 Å². The lowest BCUT2D eigenvalue weighted by Crippen LogP contribution is -2.48. The Morgan fingerprint density at radius 1 is 1.50 bits per heavy atom. The van der Waals surface area contributed by atoms with Crippen molar-refractivity contribution in [3.05, 3.63) is 28.8 Å². The van der Waals surface area contributed by atoms with Gasteiger partial charge in [-0.15, -0.1) is 11.3 Å². The molecule has 18 heavy (non-hydrogen) atoms. The van der Waals surface area contributed by atoms with Crippen LogP contribution in [0.15, 0.2) is 18.2 Å². The molecule has 0 amide bonds. The van der Waals surface area contributed by atoms with E-state index < -0.39 is 0 Å². The fourth-order valence-electron chi connectivity index (χ4n) is 2.60. The summed E-state index contributed by atoms with van der Waals surface area (Å²) in [5.74, 6) is 0. The first kappa shape index (κ1) is 12.1. The summed E-state index contributed by atoms with van der Waals surface area (Å²) in [6.07, 6.45) is 0. The minimum atomic E-state index is 0.605. The van der Waals surface area contributed by atoms with Crippen LogP contribution in [-0.2, 0) is 6.54 Å². The summed E-state index contributed by atoms with van der Waals surface area (Å²) < 4.78 is 1.31. The Labute approximate surface area is 112 Å². The van der Waals surface area contributed by atoms with Gasteiger partial charge in [0, 0.05) is 32.2 Å². The van der Waals surface area contributed by atoms with E-state index in [-0.39, 0.29) is 0 Å². The van der Waals surface area contributed by atoms with Gasteiger partial charge in [0.05, 0.1) is 15.2 Å². The summed E-state index contributed by atoms with van der Waals surface area (Å²) in [4.78, 5) is 7.03. The van der Waals surface area contributed by atoms with E-state index in [4.69, 9.17) is 0 Å². The molecule has 1 atom stereocenters. The van der Waals surface area contributed by atoms with Crippen LogP contribution in [0.5, 0.6) is 0 Å². The molecule has 1 aliphatic heterocycles. The molecule has 1 aromatic heterocycles. The second-order valence-corrected chi connectivity index (χ2v) is 6.36. The molecule has 4 heteroatoms. The summed E-state index contributed by atoms with van der Waals surface area (Å²) in [6, 6.07) is 7.27. The molecule has 1 N–H and O–H groups in total. The first-order valence-electron chi connectivity index (χ1n) is 6.52. The molecular formula is C14H19N3S. The quantitative estimate of drug-likeness (QED) is 0.900. The van der Waals surface area contributed by atoms with Crippen LogP contribution in [0, 0.1) is 6.92 Å². The van der Waals surface area contributed by atoms with Gasteiger partial charge in [0.25, 0.3) is 0 Å². The number of nitrogens with one attached hydrogen (secondary N) is 1. The molecule has 1 aliphatic rings. The molecule has 1 saturated heterocycles. The van der Waals surface area contributed by atoms with Crippen molar-refractivity contribution in [2.45, 2.75) is 26.4 Å². The smallest absolute Gasteiger partial charge is 0.0907 e. The summed E-state index contributed by atoms with van der Waals surface area (Å²) in [5, 5.41) is 4.63. The highest BCUT2D eigenvalue weighted by Crippen LogP contribution is 2.23. The molecule has 0 bridgehead atoms. The van der Waals surface area contributed by atoms with Crippen LogP contribution in [0.4, 0.5) is 0 Å². The number of aryl methyl sites for hydroxylation is 1. The third kappa shape index (κ3) is 2.55. The molecule has 3 nitrogen and oxygen atoms in total. The third-order valence-electron chi connectivity index (χ3n) is 3.42. The van der Waals surface area contributed by atoms with E-state index in [1.54, 1.807) is 11.3 Å². The average Bonchev–Trinajstić information content (AvgIpc) is 2.68. The standard InChI is InChI=1S/C14H19N3S/c1-10-8-17(6-5-15-10)9-12-3-4-13-14(7-12)18-11(2)16-13/h3-4,7,10,15H,5-6,8-9H2,1-2H3. The van der Waals surface area contributed by atoms with Crippen molar-refractivity contribution in [2.24, 2.45) is 0 Å². The lowest BCUT2D eigenvalue weighted by atomic mass is 10.1. The molecule has 1 aromatic carbocycles. The van der Waals surface area contributed by atoms with Crippen LogP contribution in [0.25, 0.3) is 10.2 Å². The van der Waals surface area contributed by atoms with Gasteiger partial charge >= 0.3 is 0 Å². The zero-order valence-electron chi connectivity index (χ0n) is 10.9. The van der Waals surface area contributed by atoms with E-state index in [0.717, 1.165) is 36.7 Å². The summed E-state index contributed by atoms with van der Waals surface area (Å²) in [6.45, 7) is 8.76. The summed E-state index contributed by atoms with van der Waals surface area (Å²) in [5.41, 5.74) is 2.54. The number of rotatable bonds is 2. The van der Waals surface area contributed by atoms with E-state index in [1.165, 1.54) is 10.3 Å². The average molecular weight is 261 g/mol. The molecule has 2 heterocycles. The number of benzene rings is 1. The maximum atomic E-state index is 4.51. The van der Waals surface area contributed by atoms with Gasteiger partial charge in [-0.2, -0.15) is 0 Å². The molecular weight excluding hydrogens is 242 g/mol. The molecule has 1 unspecified atom stereocenters. The number of hydrogen-bond acceptors (Lipinski definition) is 4. The van der Waals surface area contributed by atoms with Gasteiger partial charge in [0.15, 0.2) is 0 Å². The van der Waals surface area contributed by atoms with Crippen molar-refractivity contribution in [3.63, 3.8) is 0 Å². The maximum Gasteiger partial charge on any atom is 0.0907 e. The predicted octanol–water partition coefficient (Wildman–Crippen LogP) is 2.40. The van der Waals surface area contributed by atoms with E-state index in [0.29, 0.717) is 6.04 Å². The number of aromatic nitrogens is 1. The van der Waals surface area contributed by atoms with Crippen LogP contribution in [-0.4, -0.2) is 35.6 Å². The van der Waals surface area contributed by atoms with Crippen molar-refractivity contribution >= 4 is 21.6 Å². The first-order chi connectivity index (χ1) is 8.70. The molecule has 96 valence electrons. The molecule has 2 aromatic rings. The molecule has 0 aliphatic carbocycles. The largest absolute Gasteiger partial charge is 0.312 e. The van der Waals surface area contributed by atoms with Crippen LogP contribution < -0.4 is 5.32 Å². The maximum absolute atomic E-state index is 4.51. The predicted molar refractivity (Wildman–Crippen MR) is 77.1 cm³/mol. The summed E-state index contributed by atoms with van der Waals surface area (Å²) >= 11 is 1.79. The van der Waals surface area contributed by atoms with E-state index in [9.17, 15) is 0 Å². The topological polar surface area (TPSA) is 28.2 Å². The Morgan fingerprint density at radius 2 is 2.39 bits per heavy atom. The fraction of sp³-hybridized carbons (Fsp3) is 0.500. The fourth-order valence-corrected chi connectivity index (χ4v) is 3.49. The Morgan fingerprint density at radius 3 is 3.22 bits per heavy atom. The SMILES string of the molecule is Cc1nc2ccc(CN3CCNC(C)C3)cc2s1. The molecule has 0 radical (unpaired) electrons. The first-order valence-corrected chi connectivity index (χ1v) is 7.34. The molecule has 1 fully saturated rings. The highest BCUT2D eigenvalue weighted by molar-refractivity contribution is 7.18. The molecule has 3 rings (SSSR count). The number of hydrogen-bond donors (Lipinski definition) is 1. The third-order valence-corrected chi connectivity index (χ3v) is 4.35. The lowest BCUT2D eigenvalue weighted by molar-refractivity contribution is 0.200. The lowest BCUT2D eigenvalue weighted by Gasteiger charge is -2.31. The normalized spacial score (nSPS) is 21.6. The minimum Gasteiger partial charge on any atom is -0.312 e. The van der Waals surface area contributed by atoms with Crippen LogP contribution >= 0.6 is 11.3 Å². The molecule has 0 saturated carbocycles. The minimum absolute atomic E-state index is 0.605. The highest BCUT2D eigenvalue weighted by atomic mass is 32.1. The summed E-state index contributed by atoms with van der Waals surface area (Å²) in [7, 11) is 0. The number of fused-ring (bicyclic) bond motifs is 1. The van der Waals surface area contributed by atoms with Crippen LogP contribution in [0.3, 0.4) is 0 Å². The van der Waals surface area contributed by atoms with Crippen molar-refractivity contribution < 1.29 is 0 Å². The van der Waals surface area contributed by atoms with Gasteiger partial charge in [-0.3, -0.25) is 4.90 Å². The van der Waals surface area contributed by atoms with E-state index in [1.807, 2.05) is 0 Å². The number of thiazole rings is 1. The Bertz CT molecular complexity index is 549. The second kappa shape index (κ2) is 4.96. The van der Waals surface area contributed by atoms with Gasteiger partial charge in [-0.05, 0) is 31.5 Å². The van der Waals surface area contributed by atoms with Crippen LogP contribution in [0.2, 0.25) is 0 Å². The van der Waals surface area contributed by atoms with Crippen molar-refractivity contribution in [3.8, 4) is 0 Å².